The van der Waals surface area contributed by atoms with Crippen molar-refractivity contribution in [3.63, 3.8) is 0 Å². The Balaban J connectivity index is 0.000000241. The first-order chi connectivity index (χ1) is 23.2. The molecule has 2 aromatic heterocycles. The Hall–Kier alpha value is -2.46. The SMILES string of the molecule is CSC.Clc1ccc(-n2ccc(NCCN3CCOCC3)n2)cc1Cl.O=C(CN1CCOCC1)Nc1ccn(-c2ccc(Cl)c(Cl)c2)n1.[B]. The van der Waals surface area contributed by atoms with Crippen molar-refractivity contribution in [1.82, 2.24) is 29.4 Å². The maximum atomic E-state index is 12.0. The van der Waals surface area contributed by atoms with E-state index >= 15 is 0 Å². The molecule has 6 rings (SSSR count). The van der Waals surface area contributed by atoms with Crippen molar-refractivity contribution in [2.75, 3.05) is 95.4 Å². The van der Waals surface area contributed by atoms with Gasteiger partial charge in [-0.05, 0) is 48.9 Å². The molecule has 2 aliphatic rings. The fourth-order valence-corrected chi connectivity index (χ4v) is 5.25. The third-order valence-corrected chi connectivity index (χ3v) is 8.57. The van der Waals surface area contributed by atoms with Gasteiger partial charge in [0.15, 0.2) is 5.82 Å². The molecule has 17 heteroatoms. The van der Waals surface area contributed by atoms with Gasteiger partial charge < -0.3 is 20.1 Å². The van der Waals surface area contributed by atoms with E-state index < -0.39 is 0 Å². The van der Waals surface area contributed by atoms with Crippen LogP contribution in [0.2, 0.25) is 20.1 Å². The first kappa shape index (κ1) is 41.0. The summed E-state index contributed by atoms with van der Waals surface area (Å²) in [5.74, 6) is 1.25. The van der Waals surface area contributed by atoms with Crippen LogP contribution in [0.5, 0.6) is 0 Å². The van der Waals surface area contributed by atoms with E-state index in [1.54, 1.807) is 63.7 Å². The highest BCUT2D eigenvalue weighted by Gasteiger charge is 2.15. The number of hydrogen-bond donors (Lipinski definition) is 2. The van der Waals surface area contributed by atoms with E-state index in [-0.39, 0.29) is 14.3 Å². The normalized spacial score (nSPS) is 14.8. The van der Waals surface area contributed by atoms with Crippen LogP contribution in [0.1, 0.15) is 0 Å². The predicted octanol–water partition coefficient (Wildman–Crippen LogP) is 5.97. The summed E-state index contributed by atoms with van der Waals surface area (Å²) in [6.07, 6.45) is 7.74. The second-order valence-electron chi connectivity index (χ2n) is 10.7. The van der Waals surface area contributed by atoms with Gasteiger partial charge in [-0.25, -0.2) is 9.36 Å². The zero-order valence-corrected chi connectivity index (χ0v) is 31.3. The van der Waals surface area contributed by atoms with Crippen LogP contribution in [0.15, 0.2) is 60.9 Å². The number of hydrogen-bond acceptors (Lipinski definition) is 9. The summed E-state index contributed by atoms with van der Waals surface area (Å²) >= 11 is 25.6. The van der Waals surface area contributed by atoms with E-state index in [2.05, 4.69) is 30.6 Å². The van der Waals surface area contributed by atoms with Crippen molar-refractivity contribution in [3.05, 3.63) is 81.0 Å². The van der Waals surface area contributed by atoms with Crippen LogP contribution in [-0.2, 0) is 14.3 Å². The van der Waals surface area contributed by atoms with Gasteiger partial charge in [0.1, 0.15) is 5.82 Å². The number of rotatable bonds is 9. The van der Waals surface area contributed by atoms with E-state index in [1.165, 1.54) is 0 Å². The smallest absolute Gasteiger partial charge is 0.239 e. The van der Waals surface area contributed by atoms with Gasteiger partial charge in [-0.2, -0.15) is 22.0 Å². The lowest BCUT2D eigenvalue weighted by Gasteiger charge is -2.26. The van der Waals surface area contributed by atoms with Gasteiger partial charge in [0.2, 0.25) is 5.91 Å². The standard InChI is InChI=1S/C15H16Cl2N4O2.C15H18Cl2N4O.C2H6S.B/c16-12-2-1-11(9-13(12)17)21-4-3-14(19-21)18-15(22)10-20-5-7-23-8-6-20;16-13-2-1-12(11-14(13)17)21-5-3-15(19-21)18-4-6-20-7-9-22-10-8-20;1-3-2;/h1-4,9H,5-8,10H2,(H,18,19,22);1-3,5,11H,4,6-10H2,(H,18,19);1-2H3;. The highest BCUT2D eigenvalue weighted by molar-refractivity contribution is 7.97. The van der Waals surface area contributed by atoms with Crippen LogP contribution in [0.3, 0.4) is 0 Å². The van der Waals surface area contributed by atoms with Crippen molar-refractivity contribution in [2.24, 2.45) is 0 Å². The van der Waals surface area contributed by atoms with Gasteiger partial charge in [-0.3, -0.25) is 14.6 Å². The number of ether oxygens (including phenoxy) is 2. The number of nitrogens with one attached hydrogen (secondary N) is 2. The van der Waals surface area contributed by atoms with Crippen LogP contribution in [-0.4, -0.2) is 128 Å². The van der Waals surface area contributed by atoms with Gasteiger partial charge in [0, 0.05) is 72.2 Å². The Morgan fingerprint density at radius 3 is 1.71 bits per heavy atom. The van der Waals surface area contributed by atoms with Crippen LogP contribution >= 0.6 is 58.2 Å². The Morgan fingerprint density at radius 2 is 1.20 bits per heavy atom. The largest absolute Gasteiger partial charge is 0.379 e. The summed E-state index contributed by atoms with van der Waals surface area (Å²) in [5, 5.41) is 17.0. The van der Waals surface area contributed by atoms with Crippen LogP contribution in [0, 0.1) is 0 Å². The number of nitrogens with zero attached hydrogens (tertiary/aromatic N) is 6. The van der Waals surface area contributed by atoms with Gasteiger partial charge in [0.05, 0.1) is 64.4 Å². The topological polar surface area (TPSA) is 102 Å². The maximum absolute atomic E-state index is 12.0. The molecule has 2 saturated heterocycles. The molecule has 0 bridgehead atoms. The minimum absolute atomic E-state index is 0. The monoisotopic (exact) mass is 767 g/mol. The number of anilines is 2. The van der Waals surface area contributed by atoms with Crippen molar-refractivity contribution < 1.29 is 14.3 Å². The van der Waals surface area contributed by atoms with E-state index in [4.69, 9.17) is 55.9 Å². The number of morpholine rings is 2. The molecule has 263 valence electrons. The lowest BCUT2D eigenvalue weighted by molar-refractivity contribution is -0.118. The molecule has 4 heterocycles. The molecule has 2 fully saturated rings. The quantitative estimate of drug-likeness (QED) is 0.200. The highest BCUT2D eigenvalue weighted by atomic mass is 35.5. The molecule has 4 aromatic rings. The van der Waals surface area contributed by atoms with E-state index in [1.807, 2.05) is 30.8 Å². The molecule has 0 spiro atoms. The number of benzene rings is 2. The molecule has 0 unspecified atom stereocenters. The molecule has 1 amide bonds. The first-order valence-corrected chi connectivity index (χ1v) is 18.5. The second-order valence-corrected chi connectivity index (χ2v) is 13.2. The van der Waals surface area contributed by atoms with Crippen molar-refractivity contribution in [1.29, 1.82) is 0 Å². The minimum Gasteiger partial charge on any atom is -0.379 e. The minimum atomic E-state index is -0.0914. The average molecular weight is 769 g/mol. The Labute approximate surface area is 314 Å². The molecule has 0 atom stereocenters. The van der Waals surface area contributed by atoms with Gasteiger partial charge in [-0.15, -0.1) is 0 Å². The van der Waals surface area contributed by atoms with Crippen molar-refractivity contribution >= 4 is 84.1 Å². The van der Waals surface area contributed by atoms with Gasteiger partial charge in [0.25, 0.3) is 0 Å². The second kappa shape index (κ2) is 21.7. The fraction of sp³-hybridized carbons (Fsp3) is 0.406. The predicted molar refractivity (Wildman–Crippen MR) is 204 cm³/mol. The molecule has 0 saturated carbocycles. The zero-order valence-electron chi connectivity index (χ0n) is 27.5. The molecule has 2 aromatic carbocycles. The summed E-state index contributed by atoms with van der Waals surface area (Å²) in [4.78, 5) is 16.5. The molecule has 2 N–H and O–H groups in total. The van der Waals surface area contributed by atoms with E-state index in [0.717, 1.165) is 69.7 Å². The number of carbonyl (C=O) groups is 1. The first-order valence-electron chi connectivity index (χ1n) is 15.3. The lowest BCUT2D eigenvalue weighted by atomic mass is 10.3. The number of halogens is 4. The summed E-state index contributed by atoms with van der Waals surface area (Å²) in [7, 11) is 0. The molecule has 49 heavy (non-hydrogen) atoms. The fourth-order valence-electron chi connectivity index (χ4n) is 4.66. The summed E-state index contributed by atoms with van der Waals surface area (Å²) in [5.41, 5.74) is 1.66. The Morgan fingerprint density at radius 1 is 0.735 bits per heavy atom. The molecule has 2 aliphatic heterocycles. The summed E-state index contributed by atoms with van der Waals surface area (Å²) in [6, 6.07) is 14.4. The van der Waals surface area contributed by atoms with E-state index in [0.29, 0.717) is 45.7 Å². The number of thioether (sulfide) groups is 1. The van der Waals surface area contributed by atoms with Crippen molar-refractivity contribution in [3.8, 4) is 11.4 Å². The summed E-state index contributed by atoms with van der Waals surface area (Å²) < 4.78 is 14.0. The van der Waals surface area contributed by atoms with Gasteiger partial charge >= 0.3 is 0 Å². The molecular weight excluding hydrogens is 729 g/mol. The van der Waals surface area contributed by atoms with Gasteiger partial charge in [-0.1, -0.05) is 46.4 Å². The lowest BCUT2D eigenvalue weighted by Crippen LogP contribution is -2.41. The van der Waals surface area contributed by atoms with Crippen LogP contribution in [0.4, 0.5) is 11.6 Å². The maximum Gasteiger partial charge on any atom is 0.239 e. The zero-order chi connectivity index (χ0) is 34.3. The highest BCUT2D eigenvalue weighted by Crippen LogP contribution is 2.25. The molecule has 0 aliphatic carbocycles. The third-order valence-electron chi connectivity index (χ3n) is 7.09. The molecule has 11 nitrogen and oxygen atoms in total. The number of carbonyl (C=O) groups excluding carboxylic acids is 1. The average Bonchev–Trinajstić information content (AvgIpc) is 3.76. The molecule has 3 radical (unpaired) electrons. The Bertz CT molecular complexity index is 1590. The van der Waals surface area contributed by atoms with E-state index in [9.17, 15) is 4.79 Å². The Kier molecular flexibility index (Phi) is 18.1. The van der Waals surface area contributed by atoms with Crippen LogP contribution in [0.25, 0.3) is 11.4 Å². The third kappa shape index (κ3) is 13.6. The summed E-state index contributed by atoms with van der Waals surface area (Å²) in [6.45, 7) is 8.70. The number of aromatic nitrogens is 4. The molecular formula is C32H40BCl4N8O3S. The number of amides is 1. The van der Waals surface area contributed by atoms with Crippen LogP contribution < -0.4 is 10.6 Å². The van der Waals surface area contributed by atoms with Crippen molar-refractivity contribution in [2.45, 2.75) is 0 Å².